The Labute approximate surface area is 96.6 Å². The Morgan fingerprint density at radius 1 is 1.36 bits per heavy atom. The Morgan fingerprint density at radius 2 is 2.07 bits per heavy atom. The zero-order valence-corrected chi connectivity index (χ0v) is 10.9. The van der Waals surface area contributed by atoms with Crippen molar-refractivity contribution in [3.05, 3.63) is 0 Å². The van der Waals surface area contributed by atoms with Crippen LogP contribution in [-0.4, -0.2) is 42.5 Å². The number of nitrogens with one attached hydrogen (secondary N) is 1. The molecule has 84 valence electrons. The second-order valence-electron chi connectivity index (χ2n) is 4.09. The molecule has 0 aromatic carbocycles. The van der Waals surface area contributed by atoms with Gasteiger partial charge in [-0.05, 0) is 38.8 Å². The van der Waals surface area contributed by atoms with E-state index in [4.69, 9.17) is 0 Å². The molecule has 1 atom stereocenters. The van der Waals surface area contributed by atoms with Gasteiger partial charge in [-0.15, -0.1) is 0 Å². The molecule has 1 N–H and O–H groups in total. The average molecular weight is 263 g/mol. The van der Waals surface area contributed by atoms with Crippen LogP contribution in [0, 0.1) is 0 Å². The molecular formula is C11H23BrN2. The Hall–Kier alpha value is 0.400. The maximum atomic E-state index is 3.63. The molecule has 0 aliphatic carbocycles. The van der Waals surface area contributed by atoms with Crippen LogP contribution >= 0.6 is 15.9 Å². The van der Waals surface area contributed by atoms with E-state index in [2.05, 4.69) is 33.1 Å². The molecule has 1 heterocycles. The van der Waals surface area contributed by atoms with Crippen LogP contribution in [0.1, 0.15) is 32.6 Å². The van der Waals surface area contributed by atoms with Crippen molar-refractivity contribution < 1.29 is 0 Å². The summed E-state index contributed by atoms with van der Waals surface area (Å²) in [7, 11) is 0. The van der Waals surface area contributed by atoms with Crippen LogP contribution in [0.2, 0.25) is 0 Å². The summed E-state index contributed by atoms with van der Waals surface area (Å²) in [5, 5.41) is 4.74. The van der Waals surface area contributed by atoms with Crippen LogP contribution < -0.4 is 5.32 Å². The van der Waals surface area contributed by atoms with E-state index in [1.807, 2.05) is 0 Å². The van der Waals surface area contributed by atoms with Crippen molar-refractivity contribution in [1.29, 1.82) is 0 Å². The molecule has 1 aliphatic heterocycles. The van der Waals surface area contributed by atoms with Crippen molar-refractivity contribution in [2.45, 2.75) is 38.6 Å². The van der Waals surface area contributed by atoms with Gasteiger partial charge in [0.1, 0.15) is 0 Å². The maximum absolute atomic E-state index is 3.63. The largest absolute Gasteiger partial charge is 0.313 e. The van der Waals surface area contributed by atoms with Gasteiger partial charge >= 0.3 is 0 Å². The molecule has 1 rings (SSSR count). The first kappa shape index (κ1) is 12.5. The topological polar surface area (TPSA) is 15.3 Å². The van der Waals surface area contributed by atoms with Crippen LogP contribution in [-0.2, 0) is 0 Å². The smallest absolute Gasteiger partial charge is 0.0107 e. The molecule has 0 spiro atoms. The van der Waals surface area contributed by atoms with E-state index < -0.39 is 0 Å². The number of rotatable bonds is 7. The van der Waals surface area contributed by atoms with Gasteiger partial charge in [0.2, 0.25) is 0 Å². The molecule has 3 heteroatoms. The average Bonchev–Trinajstić information content (AvgIpc) is 2.69. The van der Waals surface area contributed by atoms with E-state index in [-0.39, 0.29) is 0 Å². The fourth-order valence-corrected chi connectivity index (χ4v) is 2.57. The van der Waals surface area contributed by atoms with Crippen LogP contribution in [0.15, 0.2) is 0 Å². The zero-order valence-electron chi connectivity index (χ0n) is 9.27. The quantitative estimate of drug-likeness (QED) is 0.709. The first-order valence-electron chi connectivity index (χ1n) is 5.88. The number of halogens is 1. The monoisotopic (exact) mass is 262 g/mol. The van der Waals surface area contributed by atoms with E-state index in [1.165, 1.54) is 45.3 Å². The lowest BCUT2D eigenvalue weighted by Gasteiger charge is -2.19. The molecule has 14 heavy (non-hydrogen) atoms. The lowest BCUT2D eigenvalue weighted by Crippen LogP contribution is -2.36. The molecule has 0 aromatic heterocycles. The van der Waals surface area contributed by atoms with Crippen molar-refractivity contribution in [1.82, 2.24) is 10.2 Å². The van der Waals surface area contributed by atoms with Crippen molar-refractivity contribution in [2.24, 2.45) is 0 Å². The van der Waals surface area contributed by atoms with E-state index >= 15 is 0 Å². The predicted octanol–water partition coefficient (Wildman–Crippen LogP) is 2.24. The third-order valence-electron chi connectivity index (χ3n) is 3.01. The third kappa shape index (κ3) is 4.76. The lowest BCUT2D eigenvalue weighted by molar-refractivity contribution is 0.324. The summed E-state index contributed by atoms with van der Waals surface area (Å²) in [6, 6.07) is 0.706. The molecule has 1 aliphatic rings. The number of hydrogen-bond donors (Lipinski definition) is 1. The molecule has 0 saturated carbocycles. The predicted molar refractivity (Wildman–Crippen MR) is 66.2 cm³/mol. The molecule has 0 bridgehead atoms. The Morgan fingerprint density at radius 3 is 2.64 bits per heavy atom. The Balaban J connectivity index is 2.00. The molecule has 0 radical (unpaired) electrons. The number of hydrogen-bond acceptors (Lipinski definition) is 2. The highest BCUT2D eigenvalue weighted by atomic mass is 79.9. The molecule has 0 amide bonds. The zero-order chi connectivity index (χ0) is 10.2. The molecule has 0 aromatic rings. The van der Waals surface area contributed by atoms with E-state index in [0.29, 0.717) is 6.04 Å². The molecule has 1 saturated heterocycles. The maximum Gasteiger partial charge on any atom is 0.0107 e. The van der Waals surface area contributed by atoms with Crippen molar-refractivity contribution in [3.63, 3.8) is 0 Å². The van der Waals surface area contributed by atoms with Gasteiger partial charge in [0, 0.05) is 24.5 Å². The van der Waals surface area contributed by atoms with Crippen molar-refractivity contribution in [3.8, 4) is 0 Å². The van der Waals surface area contributed by atoms with Gasteiger partial charge in [-0.1, -0.05) is 22.9 Å². The summed E-state index contributed by atoms with van der Waals surface area (Å²) in [6.07, 6.45) is 5.29. The fourth-order valence-electron chi connectivity index (χ4n) is 2.02. The minimum Gasteiger partial charge on any atom is -0.313 e. The summed E-state index contributed by atoms with van der Waals surface area (Å²) in [5.41, 5.74) is 0. The summed E-state index contributed by atoms with van der Waals surface area (Å²) in [5.74, 6) is 0. The number of nitrogens with zero attached hydrogens (tertiary/aromatic N) is 1. The highest BCUT2D eigenvalue weighted by Crippen LogP contribution is 2.06. The molecule has 2 nitrogen and oxygen atoms in total. The minimum atomic E-state index is 0.706. The first-order valence-corrected chi connectivity index (χ1v) is 7.00. The highest BCUT2D eigenvalue weighted by Gasteiger charge is 2.11. The number of likely N-dealkylation sites (tertiary alicyclic amines) is 1. The first-order chi connectivity index (χ1) is 6.86. The van der Waals surface area contributed by atoms with Gasteiger partial charge in [-0.25, -0.2) is 0 Å². The number of alkyl halides is 1. The minimum absolute atomic E-state index is 0.706. The van der Waals surface area contributed by atoms with Crippen LogP contribution in [0.3, 0.4) is 0 Å². The Kier molecular flexibility index (Phi) is 6.82. The summed E-state index contributed by atoms with van der Waals surface area (Å²) >= 11 is 3.50. The second-order valence-corrected chi connectivity index (χ2v) is 4.88. The van der Waals surface area contributed by atoms with Gasteiger partial charge in [0.15, 0.2) is 0 Å². The fraction of sp³-hybridized carbons (Fsp3) is 1.00. The van der Waals surface area contributed by atoms with E-state index in [9.17, 15) is 0 Å². The van der Waals surface area contributed by atoms with Crippen LogP contribution in [0.5, 0.6) is 0 Å². The second kappa shape index (κ2) is 7.66. The van der Waals surface area contributed by atoms with Crippen LogP contribution in [0.25, 0.3) is 0 Å². The van der Waals surface area contributed by atoms with Gasteiger partial charge in [0.25, 0.3) is 0 Å². The van der Waals surface area contributed by atoms with Crippen molar-refractivity contribution in [2.75, 3.05) is 31.5 Å². The lowest BCUT2D eigenvalue weighted by atomic mass is 10.2. The van der Waals surface area contributed by atoms with E-state index in [0.717, 1.165) is 11.9 Å². The SMILES string of the molecule is CCC(CCBr)NCCN1CCCC1. The summed E-state index contributed by atoms with van der Waals surface area (Å²) < 4.78 is 0. The van der Waals surface area contributed by atoms with Gasteiger partial charge in [0.05, 0.1) is 0 Å². The summed E-state index contributed by atoms with van der Waals surface area (Å²) in [6.45, 7) is 7.29. The highest BCUT2D eigenvalue weighted by molar-refractivity contribution is 9.09. The molecule has 1 fully saturated rings. The standard InChI is InChI=1S/C11H23BrN2/c1-2-11(5-6-12)13-7-10-14-8-3-4-9-14/h11,13H,2-10H2,1H3. The molecular weight excluding hydrogens is 240 g/mol. The van der Waals surface area contributed by atoms with E-state index in [1.54, 1.807) is 0 Å². The normalized spacial score (nSPS) is 20.1. The summed E-state index contributed by atoms with van der Waals surface area (Å²) in [4.78, 5) is 2.56. The molecule has 1 unspecified atom stereocenters. The van der Waals surface area contributed by atoms with Gasteiger partial charge in [-0.2, -0.15) is 0 Å². The third-order valence-corrected chi connectivity index (χ3v) is 3.47. The van der Waals surface area contributed by atoms with Crippen LogP contribution in [0.4, 0.5) is 0 Å². The van der Waals surface area contributed by atoms with Crippen molar-refractivity contribution >= 4 is 15.9 Å². The van der Waals surface area contributed by atoms with Gasteiger partial charge < -0.3 is 10.2 Å². The van der Waals surface area contributed by atoms with Gasteiger partial charge in [-0.3, -0.25) is 0 Å². The Bertz CT molecular complexity index is 135.